The van der Waals surface area contributed by atoms with E-state index in [-0.39, 0.29) is 5.91 Å². The Bertz CT molecular complexity index is 1150. The van der Waals surface area contributed by atoms with Crippen LogP contribution in [0.1, 0.15) is 42.4 Å². The number of benzene rings is 2. The highest BCUT2D eigenvalue weighted by molar-refractivity contribution is 9.10. The monoisotopic (exact) mass is 513 g/mol. The number of nitrogens with one attached hydrogen (secondary N) is 1. The van der Waals surface area contributed by atoms with Crippen LogP contribution < -0.4 is 10.1 Å². The SMILES string of the molecule is CCOC(=O)C(C)(C)Oc1ccc(CNC(=O)c2cc(-c3ccc(Br)cc3)n(C)n2)cc1C. The Morgan fingerprint density at radius 3 is 2.45 bits per heavy atom. The topological polar surface area (TPSA) is 82.5 Å². The van der Waals surface area contributed by atoms with Crippen molar-refractivity contribution in [3.05, 3.63) is 69.8 Å². The number of aromatic nitrogens is 2. The molecule has 0 aliphatic heterocycles. The van der Waals surface area contributed by atoms with Gasteiger partial charge in [0.1, 0.15) is 5.75 Å². The molecule has 0 bridgehead atoms. The first kappa shape index (κ1) is 24.5. The van der Waals surface area contributed by atoms with Crippen LogP contribution in [0.5, 0.6) is 5.75 Å². The maximum absolute atomic E-state index is 12.7. The van der Waals surface area contributed by atoms with Gasteiger partial charge in [0, 0.05) is 18.1 Å². The van der Waals surface area contributed by atoms with Crippen molar-refractivity contribution in [3.8, 4) is 17.0 Å². The Morgan fingerprint density at radius 1 is 1.12 bits per heavy atom. The van der Waals surface area contributed by atoms with Crippen LogP contribution in [0.2, 0.25) is 0 Å². The van der Waals surface area contributed by atoms with E-state index in [0.29, 0.717) is 24.6 Å². The lowest BCUT2D eigenvalue weighted by Crippen LogP contribution is -2.39. The largest absolute Gasteiger partial charge is 0.476 e. The van der Waals surface area contributed by atoms with Crippen LogP contribution >= 0.6 is 15.9 Å². The zero-order chi connectivity index (χ0) is 24.2. The van der Waals surface area contributed by atoms with Gasteiger partial charge in [0.15, 0.2) is 11.3 Å². The van der Waals surface area contributed by atoms with Gasteiger partial charge < -0.3 is 14.8 Å². The number of halogens is 1. The average Bonchev–Trinajstić information content (AvgIpc) is 3.16. The fourth-order valence-corrected chi connectivity index (χ4v) is 3.56. The summed E-state index contributed by atoms with van der Waals surface area (Å²) in [6.07, 6.45) is 0. The number of carbonyl (C=O) groups is 2. The van der Waals surface area contributed by atoms with Gasteiger partial charge in [-0.3, -0.25) is 9.48 Å². The lowest BCUT2D eigenvalue weighted by atomic mass is 10.1. The van der Waals surface area contributed by atoms with Gasteiger partial charge in [-0.1, -0.05) is 40.2 Å². The molecule has 8 heteroatoms. The number of amides is 1. The summed E-state index contributed by atoms with van der Waals surface area (Å²) < 4.78 is 13.6. The summed E-state index contributed by atoms with van der Waals surface area (Å²) in [4.78, 5) is 24.8. The molecule has 174 valence electrons. The van der Waals surface area contributed by atoms with E-state index in [1.165, 1.54) is 0 Å². The maximum Gasteiger partial charge on any atom is 0.349 e. The van der Waals surface area contributed by atoms with Crippen molar-refractivity contribution in [3.63, 3.8) is 0 Å². The minimum atomic E-state index is -1.10. The van der Waals surface area contributed by atoms with Gasteiger partial charge in [0.2, 0.25) is 0 Å². The van der Waals surface area contributed by atoms with Crippen molar-refractivity contribution in [2.24, 2.45) is 7.05 Å². The zero-order valence-corrected chi connectivity index (χ0v) is 21.0. The van der Waals surface area contributed by atoms with E-state index >= 15 is 0 Å². The second-order valence-corrected chi connectivity index (χ2v) is 9.08. The van der Waals surface area contributed by atoms with Crippen LogP contribution in [0.25, 0.3) is 11.3 Å². The molecule has 0 aliphatic rings. The molecule has 33 heavy (non-hydrogen) atoms. The molecule has 0 radical (unpaired) electrons. The molecule has 0 saturated heterocycles. The van der Waals surface area contributed by atoms with Gasteiger partial charge in [-0.25, -0.2) is 4.79 Å². The summed E-state index contributed by atoms with van der Waals surface area (Å²) in [6, 6.07) is 15.2. The molecule has 1 aromatic heterocycles. The molecule has 0 atom stereocenters. The Kier molecular flexibility index (Phi) is 7.58. The summed E-state index contributed by atoms with van der Waals surface area (Å²) in [5.41, 5.74) is 2.85. The van der Waals surface area contributed by atoms with Crippen molar-refractivity contribution in [2.75, 3.05) is 6.61 Å². The van der Waals surface area contributed by atoms with Gasteiger partial charge in [-0.05, 0) is 68.7 Å². The average molecular weight is 514 g/mol. The smallest absolute Gasteiger partial charge is 0.349 e. The van der Waals surface area contributed by atoms with Crippen LogP contribution in [-0.4, -0.2) is 33.9 Å². The van der Waals surface area contributed by atoms with Crippen LogP contribution in [0.4, 0.5) is 0 Å². The molecule has 2 aromatic carbocycles. The number of ether oxygens (including phenoxy) is 2. The number of esters is 1. The van der Waals surface area contributed by atoms with Gasteiger partial charge in [0.05, 0.1) is 12.3 Å². The molecular weight excluding hydrogens is 486 g/mol. The normalized spacial score (nSPS) is 11.2. The van der Waals surface area contributed by atoms with Crippen molar-refractivity contribution in [1.82, 2.24) is 15.1 Å². The highest BCUT2D eigenvalue weighted by Crippen LogP contribution is 2.25. The van der Waals surface area contributed by atoms with Crippen molar-refractivity contribution >= 4 is 27.8 Å². The Labute approximate surface area is 202 Å². The molecule has 1 amide bonds. The van der Waals surface area contributed by atoms with E-state index in [0.717, 1.165) is 26.9 Å². The van der Waals surface area contributed by atoms with Gasteiger partial charge in [0.25, 0.3) is 5.91 Å². The first-order valence-electron chi connectivity index (χ1n) is 10.6. The van der Waals surface area contributed by atoms with Crippen molar-refractivity contribution in [1.29, 1.82) is 0 Å². The third-order valence-corrected chi connectivity index (χ3v) is 5.61. The molecule has 0 fully saturated rings. The quantitative estimate of drug-likeness (QED) is 0.437. The second kappa shape index (κ2) is 10.2. The number of hydrogen-bond donors (Lipinski definition) is 1. The van der Waals surface area contributed by atoms with E-state index in [1.54, 1.807) is 37.6 Å². The number of nitrogens with zero attached hydrogens (tertiary/aromatic N) is 2. The summed E-state index contributed by atoms with van der Waals surface area (Å²) in [7, 11) is 1.81. The van der Waals surface area contributed by atoms with E-state index in [9.17, 15) is 9.59 Å². The molecule has 3 aromatic rings. The fourth-order valence-electron chi connectivity index (χ4n) is 3.30. The number of rotatable bonds is 8. The summed E-state index contributed by atoms with van der Waals surface area (Å²) in [5.74, 6) is -0.0824. The molecule has 0 spiro atoms. The minimum Gasteiger partial charge on any atom is -0.476 e. The number of hydrogen-bond acceptors (Lipinski definition) is 5. The third-order valence-electron chi connectivity index (χ3n) is 5.08. The zero-order valence-electron chi connectivity index (χ0n) is 19.4. The van der Waals surface area contributed by atoms with Gasteiger partial charge in [-0.15, -0.1) is 0 Å². The van der Waals surface area contributed by atoms with Gasteiger partial charge >= 0.3 is 5.97 Å². The predicted octanol–water partition coefficient (Wildman–Crippen LogP) is 4.81. The summed E-state index contributed by atoms with van der Waals surface area (Å²) in [5, 5.41) is 7.26. The molecule has 0 unspecified atom stereocenters. The number of carbonyl (C=O) groups excluding carboxylic acids is 2. The lowest BCUT2D eigenvalue weighted by Gasteiger charge is -2.25. The van der Waals surface area contributed by atoms with Crippen LogP contribution in [0.3, 0.4) is 0 Å². The molecular formula is C25H28BrN3O4. The maximum atomic E-state index is 12.7. The van der Waals surface area contributed by atoms with E-state index < -0.39 is 11.6 Å². The Balaban J connectivity index is 1.65. The van der Waals surface area contributed by atoms with E-state index in [1.807, 2.05) is 50.4 Å². The van der Waals surface area contributed by atoms with Gasteiger partial charge in [-0.2, -0.15) is 5.10 Å². The molecule has 0 saturated carbocycles. The Hall–Kier alpha value is -3.13. The molecule has 1 heterocycles. The molecule has 1 N–H and O–H groups in total. The van der Waals surface area contributed by atoms with Crippen molar-refractivity contribution in [2.45, 2.75) is 39.8 Å². The van der Waals surface area contributed by atoms with Crippen LogP contribution in [0.15, 0.2) is 53.0 Å². The standard InChI is InChI=1S/C25H28BrN3O4/c1-6-32-24(31)25(3,4)33-22-12-7-17(13-16(22)2)15-27-23(30)20-14-21(29(5)28-20)18-8-10-19(26)11-9-18/h7-14H,6,15H2,1-5H3,(H,27,30). The predicted molar refractivity (Wildman–Crippen MR) is 130 cm³/mol. The van der Waals surface area contributed by atoms with Crippen LogP contribution in [-0.2, 0) is 23.1 Å². The van der Waals surface area contributed by atoms with E-state index in [4.69, 9.17) is 9.47 Å². The summed E-state index contributed by atoms with van der Waals surface area (Å²) >= 11 is 3.43. The number of aryl methyl sites for hydroxylation is 2. The highest BCUT2D eigenvalue weighted by atomic mass is 79.9. The van der Waals surface area contributed by atoms with Crippen LogP contribution in [0, 0.1) is 6.92 Å². The third kappa shape index (κ3) is 6.01. The first-order valence-corrected chi connectivity index (χ1v) is 11.4. The lowest BCUT2D eigenvalue weighted by molar-refractivity contribution is -0.158. The Morgan fingerprint density at radius 2 is 1.82 bits per heavy atom. The van der Waals surface area contributed by atoms with E-state index in [2.05, 4.69) is 26.3 Å². The highest BCUT2D eigenvalue weighted by Gasteiger charge is 2.32. The molecule has 3 rings (SSSR count). The van der Waals surface area contributed by atoms with Crippen molar-refractivity contribution < 1.29 is 19.1 Å². The fraction of sp³-hybridized carbons (Fsp3) is 0.320. The minimum absolute atomic E-state index is 0.254. The molecule has 7 nitrogen and oxygen atoms in total. The first-order chi connectivity index (χ1) is 15.6. The summed E-state index contributed by atoms with van der Waals surface area (Å²) in [6.45, 7) is 7.64. The second-order valence-electron chi connectivity index (χ2n) is 8.16. The molecule has 0 aliphatic carbocycles.